The fourth-order valence-electron chi connectivity index (χ4n) is 4.83. The highest BCUT2D eigenvalue weighted by Crippen LogP contribution is 2.33. The number of rotatable bonds is 5. The van der Waals surface area contributed by atoms with Crippen molar-refractivity contribution in [3.05, 3.63) is 59.8 Å². The number of likely N-dealkylation sites (tertiary alicyclic amines) is 1. The highest BCUT2D eigenvalue weighted by atomic mass is 19.4. The van der Waals surface area contributed by atoms with Gasteiger partial charge in [0.2, 0.25) is 0 Å². The number of hydrogen-bond donors (Lipinski definition) is 1. The van der Waals surface area contributed by atoms with E-state index in [-0.39, 0.29) is 23.0 Å². The van der Waals surface area contributed by atoms with Crippen molar-refractivity contribution in [3.8, 4) is 28.6 Å². The van der Waals surface area contributed by atoms with Crippen LogP contribution in [0, 0.1) is 11.3 Å². The van der Waals surface area contributed by atoms with E-state index < -0.39 is 12.1 Å². The maximum Gasteiger partial charge on any atom is 0.493 e. The normalized spacial score (nSPS) is 15.7. The van der Waals surface area contributed by atoms with Gasteiger partial charge < -0.3 is 20.0 Å². The van der Waals surface area contributed by atoms with Gasteiger partial charge in [-0.05, 0) is 43.2 Å². The Morgan fingerprint density at radius 1 is 1.00 bits per heavy atom. The van der Waals surface area contributed by atoms with Gasteiger partial charge in [-0.15, -0.1) is 0 Å². The fourth-order valence-corrected chi connectivity index (χ4v) is 4.83. The highest BCUT2D eigenvalue weighted by molar-refractivity contribution is 5.95. The van der Waals surface area contributed by atoms with Gasteiger partial charge in [-0.2, -0.15) is 23.2 Å². The van der Waals surface area contributed by atoms with Gasteiger partial charge in [-0.1, -0.05) is 12.1 Å². The van der Waals surface area contributed by atoms with E-state index in [0.717, 1.165) is 17.6 Å². The lowest BCUT2D eigenvalue weighted by Gasteiger charge is -2.30. The zero-order valence-corrected chi connectivity index (χ0v) is 20.9. The molecule has 3 aromatic rings. The number of nitrogens with one attached hydrogen (secondary N) is 1. The van der Waals surface area contributed by atoms with Crippen LogP contribution in [0.3, 0.4) is 0 Å². The monoisotopic (exact) mass is 538 g/mol. The van der Waals surface area contributed by atoms with Crippen LogP contribution in [-0.2, 0) is 4.79 Å². The third-order valence-corrected chi connectivity index (χ3v) is 6.73. The first-order valence-electron chi connectivity index (χ1n) is 12.5. The van der Waals surface area contributed by atoms with Crippen LogP contribution in [0.25, 0.3) is 22.5 Å². The van der Waals surface area contributed by atoms with E-state index >= 15 is 0 Å². The summed E-state index contributed by atoms with van der Waals surface area (Å²) in [5, 5.41) is 13.0. The van der Waals surface area contributed by atoms with Crippen molar-refractivity contribution in [1.29, 1.82) is 5.26 Å². The third kappa shape index (κ3) is 5.44. The molecule has 0 radical (unpaired) electrons. The molecule has 1 N–H and O–H groups in total. The van der Waals surface area contributed by atoms with E-state index in [1.807, 2.05) is 6.07 Å². The number of halogens is 3. The molecule has 39 heavy (non-hydrogen) atoms. The molecule has 2 aromatic heterocycles. The molecule has 0 bridgehead atoms. The zero-order chi connectivity index (χ0) is 27.6. The number of nitriles is 1. The minimum absolute atomic E-state index is 0.0680. The minimum Gasteiger partial charge on any atom is -0.352 e. The summed E-state index contributed by atoms with van der Waals surface area (Å²) in [6.45, 7) is 3.32. The number of benzene rings is 1. The Labute approximate surface area is 222 Å². The van der Waals surface area contributed by atoms with Crippen LogP contribution in [0.1, 0.15) is 28.8 Å². The first-order valence-corrected chi connectivity index (χ1v) is 12.5. The number of carbonyl (C=O) groups is 2. The summed E-state index contributed by atoms with van der Waals surface area (Å²) in [5.41, 5.74) is 2.14. The van der Waals surface area contributed by atoms with Crippen LogP contribution in [0.4, 0.5) is 19.0 Å². The summed E-state index contributed by atoms with van der Waals surface area (Å²) in [6.07, 6.45) is -1.83. The molecule has 1 amide bonds. The first-order chi connectivity index (χ1) is 18.8. The maximum atomic E-state index is 13.2. The second kappa shape index (κ2) is 10.8. The molecule has 2 aliphatic heterocycles. The number of nitrogens with zero attached hydrogens (tertiary/aromatic N) is 5. The van der Waals surface area contributed by atoms with Crippen molar-refractivity contribution in [1.82, 2.24) is 19.9 Å². The predicted molar refractivity (Wildman–Crippen MR) is 136 cm³/mol. The molecule has 2 saturated heterocycles. The molecule has 0 aliphatic carbocycles. The standard InChI is InChI=1S/C27H25F3N6O3/c28-27(29,30)26(38)39-36-23(16-21(17-31)24(36)34-12-8-32-9-13-34)19-6-7-33-22(15-19)18-4-3-5-20(14-18)25(37)35-10-1-2-11-35/h3-7,14-16,32H,1-2,8-13H2. The number of aromatic nitrogens is 2. The summed E-state index contributed by atoms with van der Waals surface area (Å²) >= 11 is 0. The summed E-state index contributed by atoms with van der Waals surface area (Å²) < 4.78 is 40.4. The quantitative estimate of drug-likeness (QED) is 0.532. The average Bonchev–Trinajstić information content (AvgIpc) is 3.61. The second-order valence-electron chi connectivity index (χ2n) is 9.30. The molecule has 202 valence electrons. The molecular formula is C27H25F3N6O3. The molecule has 0 unspecified atom stereocenters. The molecule has 2 fully saturated rings. The van der Waals surface area contributed by atoms with Gasteiger partial charge in [0.1, 0.15) is 6.07 Å². The van der Waals surface area contributed by atoms with Crippen molar-refractivity contribution in [2.45, 2.75) is 19.0 Å². The molecule has 9 nitrogen and oxygen atoms in total. The summed E-state index contributed by atoms with van der Waals surface area (Å²) in [7, 11) is 0. The van der Waals surface area contributed by atoms with Crippen molar-refractivity contribution >= 4 is 17.7 Å². The van der Waals surface area contributed by atoms with Gasteiger partial charge in [0, 0.05) is 62.2 Å². The molecule has 0 spiro atoms. The number of piperazine rings is 1. The third-order valence-electron chi connectivity index (χ3n) is 6.73. The van der Waals surface area contributed by atoms with E-state index in [2.05, 4.69) is 10.3 Å². The molecule has 4 heterocycles. The number of alkyl halides is 3. The van der Waals surface area contributed by atoms with Crippen LogP contribution in [-0.4, -0.2) is 71.9 Å². The van der Waals surface area contributed by atoms with E-state index in [1.54, 1.807) is 46.2 Å². The van der Waals surface area contributed by atoms with E-state index in [9.17, 15) is 28.0 Å². The predicted octanol–water partition coefficient (Wildman–Crippen LogP) is 3.25. The van der Waals surface area contributed by atoms with Crippen LogP contribution in [0.15, 0.2) is 48.7 Å². The van der Waals surface area contributed by atoms with Crippen molar-refractivity contribution in [2.24, 2.45) is 0 Å². The number of carbonyl (C=O) groups excluding carboxylic acids is 2. The number of pyridine rings is 1. The van der Waals surface area contributed by atoms with Crippen LogP contribution in [0.5, 0.6) is 0 Å². The van der Waals surface area contributed by atoms with Crippen molar-refractivity contribution in [3.63, 3.8) is 0 Å². The SMILES string of the molecule is N#Cc1cc(-c2ccnc(-c3cccc(C(=O)N4CCCC4)c3)c2)n(OC(=O)C(F)(F)F)c1N1CCNCC1. The van der Waals surface area contributed by atoms with E-state index in [1.165, 1.54) is 12.3 Å². The minimum atomic E-state index is -5.24. The highest BCUT2D eigenvalue weighted by Gasteiger charge is 2.43. The van der Waals surface area contributed by atoms with Gasteiger partial charge in [-0.25, -0.2) is 4.79 Å². The maximum absolute atomic E-state index is 13.2. The summed E-state index contributed by atoms with van der Waals surface area (Å²) in [6, 6.07) is 13.6. The Morgan fingerprint density at radius 3 is 2.44 bits per heavy atom. The molecule has 2 aliphatic rings. The van der Waals surface area contributed by atoms with Crippen molar-refractivity contribution in [2.75, 3.05) is 44.2 Å². The molecule has 0 atom stereocenters. The van der Waals surface area contributed by atoms with Crippen LogP contribution in [0.2, 0.25) is 0 Å². The van der Waals surface area contributed by atoms with Crippen LogP contribution < -0.4 is 15.1 Å². The van der Waals surface area contributed by atoms with E-state index in [4.69, 9.17) is 4.84 Å². The van der Waals surface area contributed by atoms with Crippen molar-refractivity contribution < 1.29 is 27.6 Å². The lowest BCUT2D eigenvalue weighted by Crippen LogP contribution is -2.45. The van der Waals surface area contributed by atoms with Gasteiger partial charge in [0.25, 0.3) is 5.91 Å². The zero-order valence-electron chi connectivity index (χ0n) is 20.9. The summed E-state index contributed by atoms with van der Waals surface area (Å²) in [5.74, 6) is -2.40. The molecule has 5 rings (SSSR count). The number of anilines is 1. The Morgan fingerprint density at radius 2 is 1.74 bits per heavy atom. The number of hydrogen-bond acceptors (Lipinski definition) is 7. The first kappa shape index (κ1) is 26.2. The second-order valence-corrected chi connectivity index (χ2v) is 9.30. The van der Waals surface area contributed by atoms with E-state index in [0.29, 0.717) is 61.7 Å². The smallest absolute Gasteiger partial charge is 0.352 e. The van der Waals surface area contributed by atoms with Gasteiger partial charge >= 0.3 is 12.1 Å². The van der Waals surface area contributed by atoms with Crippen LogP contribution >= 0.6 is 0 Å². The summed E-state index contributed by atoms with van der Waals surface area (Å²) in [4.78, 5) is 37.6. The molecule has 12 heteroatoms. The Bertz CT molecular complexity index is 1430. The van der Waals surface area contributed by atoms with Gasteiger partial charge in [0.15, 0.2) is 5.82 Å². The van der Waals surface area contributed by atoms with Gasteiger partial charge in [0.05, 0.1) is 17.0 Å². The number of amides is 1. The topological polar surface area (TPSA) is 103 Å². The average molecular weight is 539 g/mol. The Balaban J connectivity index is 1.56. The molecule has 0 saturated carbocycles. The Hall–Kier alpha value is -4.37. The molecular weight excluding hydrogens is 513 g/mol. The molecule has 1 aromatic carbocycles. The largest absolute Gasteiger partial charge is 0.493 e. The lowest BCUT2D eigenvalue weighted by molar-refractivity contribution is -0.199. The lowest BCUT2D eigenvalue weighted by atomic mass is 10.0. The fraction of sp³-hybridized carbons (Fsp3) is 0.333. The Kier molecular flexibility index (Phi) is 7.26. The van der Waals surface area contributed by atoms with Gasteiger partial charge in [-0.3, -0.25) is 9.78 Å².